The molecule has 3 aliphatic carbocycles. The van der Waals surface area contributed by atoms with Crippen LogP contribution in [0.15, 0.2) is 24.3 Å². The Morgan fingerprint density at radius 1 is 1.23 bits per heavy atom. The van der Waals surface area contributed by atoms with Gasteiger partial charge in [-0.1, -0.05) is 43.7 Å². The predicted molar refractivity (Wildman–Crippen MR) is 147 cm³/mol. The molecule has 1 aromatic rings. The van der Waals surface area contributed by atoms with Crippen molar-refractivity contribution in [2.24, 2.45) is 17.3 Å². The van der Waals surface area contributed by atoms with E-state index in [9.17, 15) is 9.59 Å². The van der Waals surface area contributed by atoms with E-state index in [1.54, 1.807) is 4.90 Å². The highest BCUT2D eigenvalue weighted by Crippen LogP contribution is 2.65. The molecule has 5 aliphatic rings. The van der Waals surface area contributed by atoms with Crippen LogP contribution in [0.1, 0.15) is 76.8 Å². The van der Waals surface area contributed by atoms with Gasteiger partial charge in [0.1, 0.15) is 13.0 Å². The van der Waals surface area contributed by atoms with Crippen molar-refractivity contribution in [1.29, 1.82) is 5.26 Å². The van der Waals surface area contributed by atoms with E-state index in [0.29, 0.717) is 24.8 Å². The van der Waals surface area contributed by atoms with Crippen LogP contribution in [0.2, 0.25) is 0 Å². The zero-order chi connectivity index (χ0) is 27.8. The Bertz CT molecular complexity index is 1100. The predicted octanol–water partition coefficient (Wildman–Crippen LogP) is 4.58. The summed E-state index contributed by atoms with van der Waals surface area (Å²) in [6.45, 7) is 9.64. The van der Waals surface area contributed by atoms with E-state index in [2.05, 4.69) is 57.3 Å². The molecule has 0 radical (unpaired) electrons. The Morgan fingerprint density at radius 2 is 2.00 bits per heavy atom. The highest BCUT2D eigenvalue weighted by molar-refractivity contribution is 6.47. The molecule has 9 heteroatoms. The average Bonchev–Trinajstić information content (AvgIpc) is 3.28. The van der Waals surface area contributed by atoms with Crippen molar-refractivity contribution in [2.45, 2.75) is 103 Å². The molecule has 6 rings (SSSR count). The fourth-order valence-corrected chi connectivity index (χ4v) is 7.46. The highest BCUT2D eigenvalue weighted by Gasteiger charge is 2.68. The molecule has 2 amide bonds. The summed E-state index contributed by atoms with van der Waals surface area (Å²) >= 11 is 0. The summed E-state index contributed by atoms with van der Waals surface area (Å²) in [4.78, 5) is 27.2. The van der Waals surface area contributed by atoms with Gasteiger partial charge in [0.2, 0.25) is 5.91 Å². The van der Waals surface area contributed by atoms with Crippen LogP contribution >= 0.6 is 0 Å². The minimum Gasteiger partial charge on any atom is -0.447 e. The monoisotopic (exact) mass is 535 g/mol. The molecule has 1 N–H and O–H groups in total. The number of hydrogen-bond acceptors (Lipinski definition) is 6. The van der Waals surface area contributed by atoms with Crippen molar-refractivity contribution in [1.82, 2.24) is 10.2 Å². The van der Waals surface area contributed by atoms with Gasteiger partial charge >= 0.3 is 13.2 Å². The number of rotatable bonds is 8. The minimum absolute atomic E-state index is 0.0286. The van der Waals surface area contributed by atoms with E-state index in [-0.39, 0.29) is 48.0 Å². The summed E-state index contributed by atoms with van der Waals surface area (Å²) in [6, 6.07) is 10.2. The lowest BCUT2D eigenvalue weighted by Gasteiger charge is -2.64. The Labute approximate surface area is 232 Å². The van der Waals surface area contributed by atoms with Gasteiger partial charge in [-0.15, -0.1) is 0 Å². The molecule has 210 valence electrons. The number of ether oxygens (including phenoxy) is 1. The lowest BCUT2D eigenvalue weighted by molar-refractivity contribution is -0.199. The second kappa shape index (κ2) is 11.1. The first kappa shape index (κ1) is 28.0. The summed E-state index contributed by atoms with van der Waals surface area (Å²) in [6.07, 6.45) is 5.55. The fourth-order valence-electron chi connectivity index (χ4n) is 7.46. The number of benzene rings is 1. The molecule has 6 atom stereocenters. The third-order valence-corrected chi connectivity index (χ3v) is 10.0. The standard InChI is InChI=1S/C30H42BN3O5/c1-20-8-10-21(11-9-20)12-13-26(31-38-25-18-22-17-24(29(22,2)3)30(25,4)39-31)33-28(36)37-19-23-7-5-6-16-34(23)27(35)14-15-32/h8-11,22-26H,5-7,12-14,16-19H2,1-4H3,(H,33,36)/t22-,23+,24-,25+,26-,30-/m0/s1. The van der Waals surface area contributed by atoms with E-state index in [0.717, 1.165) is 32.1 Å². The largest absolute Gasteiger partial charge is 0.481 e. The molecule has 0 spiro atoms. The number of alkyl carbamates (subject to hydrolysis) is 1. The number of piperidine rings is 1. The van der Waals surface area contributed by atoms with Crippen LogP contribution in [0, 0.1) is 35.5 Å². The summed E-state index contributed by atoms with van der Waals surface area (Å²) in [5.41, 5.74) is 2.28. The van der Waals surface area contributed by atoms with Gasteiger partial charge < -0.3 is 24.3 Å². The average molecular weight is 535 g/mol. The number of likely N-dealkylation sites (tertiary alicyclic amines) is 1. The normalized spacial score (nSPS) is 31.5. The van der Waals surface area contributed by atoms with Gasteiger partial charge in [0.05, 0.1) is 29.8 Å². The first-order valence-corrected chi connectivity index (χ1v) is 14.6. The summed E-state index contributed by atoms with van der Waals surface area (Å²) in [5, 5.41) is 12.0. The van der Waals surface area contributed by atoms with Crippen molar-refractivity contribution >= 4 is 19.1 Å². The van der Waals surface area contributed by atoms with Crippen molar-refractivity contribution < 1.29 is 23.6 Å². The Balaban J connectivity index is 1.24. The van der Waals surface area contributed by atoms with E-state index < -0.39 is 13.2 Å². The van der Waals surface area contributed by atoms with E-state index in [1.807, 2.05) is 6.07 Å². The smallest absolute Gasteiger partial charge is 0.447 e. The third-order valence-electron chi connectivity index (χ3n) is 10.0. The van der Waals surface area contributed by atoms with Gasteiger partial charge in [0, 0.05) is 6.54 Å². The Hall–Kier alpha value is -2.57. The van der Waals surface area contributed by atoms with E-state index in [1.165, 1.54) is 17.5 Å². The second-order valence-corrected chi connectivity index (χ2v) is 12.8. The summed E-state index contributed by atoms with van der Waals surface area (Å²) in [7, 11) is -0.545. The number of nitrogens with zero attached hydrogens (tertiary/aromatic N) is 2. The lowest BCUT2D eigenvalue weighted by Crippen LogP contribution is -2.65. The lowest BCUT2D eigenvalue weighted by atomic mass is 9.43. The molecule has 1 aromatic carbocycles. The molecule has 39 heavy (non-hydrogen) atoms. The van der Waals surface area contributed by atoms with Crippen molar-refractivity contribution in [3.63, 3.8) is 0 Å². The van der Waals surface area contributed by atoms with Crippen molar-refractivity contribution in [3.05, 3.63) is 35.4 Å². The van der Waals surface area contributed by atoms with Gasteiger partial charge in [-0.25, -0.2) is 4.79 Å². The molecule has 5 fully saturated rings. The van der Waals surface area contributed by atoms with E-state index >= 15 is 0 Å². The fraction of sp³-hybridized carbons (Fsp3) is 0.700. The van der Waals surface area contributed by atoms with Crippen LogP contribution in [0.25, 0.3) is 0 Å². The highest BCUT2D eigenvalue weighted by atomic mass is 16.7. The van der Waals surface area contributed by atoms with E-state index in [4.69, 9.17) is 19.3 Å². The van der Waals surface area contributed by atoms with Crippen LogP contribution in [-0.4, -0.2) is 60.9 Å². The number of amides is 2. The topological polar surface area (TPSA) is 101 Å². The summed E-state index contributed by atoms with van der Waals surface area (Å²) in [5.74, 6) is 0.511. The maximum absolute atomic E-state index is 13.1. The first-order chi connectivity index (χ1) is 18.6. The number of aryl methyl sites for hydroxylation is 2. The van der Waals surface area contributed by atoms with Gasteiger partial charge in [0.25, 0.3) is 0 Å². The molecule has 8 nitrogen and oxygen atoms in total. The van der Waals surface area contributed by atoms with Crippen LogP contribution < -0.4 is 5.32 Å². The molecular formula is C30H42BN3O5. The van der Waals surface area contributed by atoms with Crippen molar-refractivity contribution in [3.8, 4) is 6.07 Å². The van der Waals surface area contributed by atoms with Gasteiger partial charge in [-0.3, -0.25) is 4.79 Å². The zero-order valence-electron chi connectivity index (χ0n) is 23.8. The number of carbonyl (C=O) groups is 2. The molecule has 2 saturated heterocycles. The molecule has 2 heterocycles. The van der Waals surface area contributed by atoms with Crippen LogP contribution in [0.4, 0.5) is 4.79 Å². The van der Waals surface area contributed by atoms with Crippen LogP contribution in [0.5, 0.6) is 0 Å². The quantitative estimate of drug-likeness (QED) is 0.489. The molecular weight excluding hydrogens is 493 g/mol. The first-order valence-electron chi connectivity index (χ1n) is 14.6. The minimum atomic E-state index is -0.545. The number of nitriles is 1. The Kier molecular flexibility index (Phi) is 7.99. The van der Waals surface area contributed by atoms with Crippen LogP contribution in [0.3, 0.4) is 0 Å². The van der Waals surface area contributed by atoms with Crippen LogP contribution in [-0.2, 0) is 25.3 Å². The van der Waals surface area contributed by atoms with Gasteiger partial charge in [-0.2, -0.15) is 5.26 Å². The zero-order valence-corrected chi connectivity index (χ0v) is 23.8. The number of nitrogens with one attached hydrogen (secondary N) is 1. The summed E-state index contributed by atoms with van der Waals surface area (Å²) < 4.78 is 18.9. The van der Waals surface area contributed by atoms with Crippen molar-refractivity contribution in [2.75, 3.05) is 13.2 Å². The van der Waals surface area contributed by atoms with Gasteiger partial charge in [0.15, 0.2) is 0 Å². The molecule has 0 aromatic heterocycles. The maximum atomic E-state index is 13.1. The van der Waals surface area contributed by atoms with Gasteiger partial charge in [-0.05, 0) is 81.6 Å². The maximum Gasteiger partial charge on any atom is 0.481 e. The third kappa shape index (κ3) is 5.56. The molecule has 2 bridgehead atoms. The number of carbonyl (C=O) groups excluding carboxylic acids is 2. The SMILES string of the molecule is Cc1ccc(CC[C@H](NC(=O)OC[C@H]2CCCCN2C(=O)CC#N)B2O[C@@H]3C[C@@H]4C[C@@H](C4(C)C)[C@]3(C)O2)cc1. The molecule has 2 aliphatic heterocycles. The second-order valence-electron chi connectivity index (χ2n) is 12.8. The molecule has 0 unspecified atom stereocenters. The number of hydrogen-bond donors (Lipinski definition) is 1. The Morgan fingerprint density at radius 3 is 2.72 bits per heavy atom. The molecule has 3 saturated carbocycles.